The van der Waals surface area contributed by atoms with E-state index in [2.05, 4.69) is 20.8 Å². The van der Waals surface area contributed by atoms with Crippen molar-refractivity contribution in [1.29, 1.82) is 0 Å². The van der Waals surface area contributed by atoms with Gasteiger partial charge in [0.2, 0.25) is 11.1 Å². The summed E-state index contributed by atoms with van der Waals surface area (Å²) in [4.78, 5) is 12.7. The maximum Gasteiger partial charge on any atom is 0.233 e. The first-order valence-corrected chi connectivity index (χ1v) is 11.4. The monoisotopic (exact) mass is 463 g/mol. The summed E-state index contributed by atoms with van der Waals surface area (Å²) in [6.45, 7) is 2.35. The van der Waals surface area contributed by atoms with E-state index in [1.54, 1.807) is 18.9 Å². The van der Waals surface area contributed by atoms with E-state index in [0.29, 0.717) is 29.6 Å². The molecule has 1 amide bonds. The number of hydrogen-bond donors (Lipinski definition) is 1. The third-order valence-corrected chi connectivity index (χ3v) is 6.28. The van der Waals surface area contributed by atoms with Crippen LogP contribution in [0.25, 0.3) is 16.5 Å². The standard InChI is InChI=1S/C24H25N5O3S/c1-16(23(30)25-14-13-17-11-12-21(31-2)22(15-17)32-3)33-24-26-27-28-29(24)20-10-6-8-18-7-4-5-9-19(18)20/h4-12,15-16H,13-14H2,1-3H3,(H,25,30)/t16-/m0/s1. The van der Waals surface area contributed by atoms with Crippen molar-refractivity contribution >= 4 is 28.4 Å². The molecule has 4 aromatic rings. The fourth-order valence-electron chi connectivity index (χ4n) is 3.52. The van der Waals surface area contributed by atoms with E-state index in [9.17, 15) is 4.79 Å². The summed E-state index contributed by atoms with van der Waals surface area (Å²) in [5.74, 6) is 1.28. The number of aromatic nitrogens is 4. The zero-order valence-corrected chi connectivity index (χ0v) is 19.5. The van der Waals surface area contributed by atoms with Gasteiger partial charge in [-0.15, -0.1) is 5.10 Å². The number of amides is 1. The second-order valence-electron chi connectivity index (χ2n) is 7.36. The van der Waals surface area contributed by atoms with Crippen molar-refractivity contribution in [3.05, 3.63) is 66.2 Å². The van der Waals surface area contributed by atoms with E-state index in [4.69, 9.17) is 9.47 Å². The average Bonchev–Trinajstić information content (AvgIpc) is 3.31. The number of thioether (sulfide) groups is 1. The number of tetrazole rings is 1. The van der Waals surface area contributed by atoms with Gasteiger partial charge in [-0.1, -0.05) is 54.2 Å². The van der Waals surface area contributed by atoms with Crippen LogP contribution in [0.15, 0.2) is 65.8 Å². The van der Waals surface area contributed by atoms with E-state index in [1.807, 2.05) is 67.6 Å². The molecule has 4 rings (SSSR count). The Bertz CT molecular complexity index is 1250. The van der Waals surface area contributed by atoms with E-state index in [0.717, 1.165) is 22.0 Å². The molecule has 0 saturated carbocycles. The molecule has 0 bridgehead atoms. The van der Waals surface area contributed by atoms with Crippen LogP contribution in [-0.4, -0.2) is 52.1 Å². The van der Waals surface area contributed by atoms with Gasteiger partial charge < -0.3 is 14.8 Å². The Hall–Kier alpha value is -3.59. The molecular weight excluding hydrogens is 438 g/mol. The molecule has 0 aliphatic rings. The highest BCUT2D eigenvalue weighted by molar-refractivity contribution is 8.00. The lowest BCUT2D eigenvalue weighted by Crippen LogP contribution is -2.32. The summed E-state index contributed by atoms with van der Waals surface area (Å²) in [5, 5.41) is 17.5. The van der Waals surface area contributed by atoms with Gasteiger partial charge in [0, 0.05) is 11.9 Å². The van der Waals surface area contributed by atoms with Crippen LogP contribution < -0.4 is 14.8 Å². The Balaban J connectivity index is 1.39. The zero-order valence-electron chi connectivity index (χ0n) is 18.7. The summed E-state index contributed by atoms with van der Waals surface area (Å²) in [5.41, 5.74) is 1.93. The van der Waals surface area contributed by atoms with Gasteiger partial charge in [0.15, 0.2) is 11.5 Å². The highest BCUT2D eigenvalue weighted by Crippen LogP contribution is 2.28. The molecule has 1 aromatic heterocycles. The quantitative estimate of drug-likeness (QED) is 0.379. The van der Waals surface area contributed by atoms with Gasteiger partial charge in [-0.3, -0.25) is 4.79 Å². The highest BCUT2D eigenvalue weighted by atomic mass is 32.2. The SMILES string of the molecule is COc1ccc(CCNC(=O)[C@H](C)Sc2nnnn2-c2cccc3ccccc23)cc1OC. The van der Waals surface area contributed by atoms with Crippen molar-refractivity contribution in [1.82, 2.24) is 25.5 Å². The van der Waals surface area contributed by atoms with Gasteiger partial charge in [0.1, 0.15) is 0 Å². The van der Waals surface area contributed by atoms with Gasteiger partial charge >= 0.3 is 0 Å². The molecule has 0 fully saturated rings. The van der Waals surface area contributed by atoms with Crippen LogP contribution in [0.5, 0.6) is 11.5 Å². The van der Waals surface area contributed by atoms with Gasteiger partial charge in [-0.2, -0.15) is 4.68 Å². The van der Waals surface area contributed by atoms with Crippen molar-refractivity contribution in [2.24, 2.45) is 0 Å². The molecule has 0 aliphatic heterocycles. The molecule has 0 unspecified atom stereocenters. The maximum absolute atomic E-state index is 12.7. The minimum Gasteiger partial charge on any atom is -0.493 e. The fourth-order valence-corrected chi connectivity index (χ4v) is 4.34. The van der Waals surface area contributed by atoms with Crippen molar-refractivity contribution < 1.29 is 14.3 Å². The number of fused-ring (bicyclic) bond motifs is 1. The first kappa shape index (κ1) is 22.6. The molecule has 9 heteroatoms. The molecule has 1 atom stereocenters. The second kappa shape index (κ2) is 10.4. The molecule has 33 heavy (non-hydrogen) atoms. The van der Waals surface area contributed by atoms with Crippen molar-refractivity contribution in [2.45, 2.75) is 23.8 Å². The summed E-state index contributed by atoms with van der Waals surface area (Å²) < 4.78 is 12.3. The van der Waals surface area contributed by atoms with Crippen LogP contribution in [0.4, 0.5) is 0 Å². The molecule has 0 radical (unpaired) electrons. The van der Waals surface area contributed by atoms with Crippen LogP contribution in [-0.2, 0) is 11.2 Å². The Morgan fingerprint density at radius 3 is 2.67 bits per heavy atom. The fraction of sp³-hybridized carbons (Fsp3) is 0.250. The summed E-state index contributed by atoms with van der Waals surface area (Å²) in [7, 11) is 3.21. The lowest BCUT2D eigenvalue weighted by Gasteiger charge is -2.13. The number of rotatable bonds is 9. The van der Waals surface area contributed by atoms with Crippen LogP contribution in [0.3, 0.4) is 0 Å². The molecule has 0 spiro atoms. The molecule has 8 nitrogen and oxygen atoms in total. The number of methoxy groups -OCH3 is 2. The van der Waals surface area contributed by atoms with Gasteiger partial charge in [0.25, 0.3) is 0 Å². The highest BCUT2D eigenvalue weighted by Gasteiger charge is 2.20. The summed E-state index contributed by atoms with van der Waals surface area (Å²) >= 11 is 1.32. The first-order valence-electron chi connectivity index (χ1n) is 10.5. The van der Waals surface area contributed by atoms with E-state index in [-0.39, 0.29) is 11.2 Å². The molecule has 170 valence electrons. The Labute approximate surface area is 196 Å². The van der Waals surface area contributed by atoms with E-state index >= 15 is 0 Å². The summed E-state index contributed by atoms with van der Waals surface area (Å²) in [6.07, 6.45) is 0.678. The number of carbonyl (C=O) groups is 1. The predicted molar refractivity (Wildman–Crippen MR) is 128 cm³/mol. The molecular formula is C24H25N5O3S. The van der Waals surface area contributed by atoms with Crippen molar-refractivity contribution in [3.8, 4) is 17.2 Å². The Kier molecular flexibility index (Phi) is 7.09. The van der Waals surface area contributed by atoms with Crippen LogP contribution >= 0.6 is 11.8 Å². The number of nitrogens with one attached hydrogen (secondary N) is 1. The lowest BCUT2D eigenvalue weighted by atomic mass is 10.1. The van der Waals surface area contributed by atoms with Crippen molar-refractivity contribution in [3.63, 3.8) is 0 Å². The third kappa shape index (κ3) is 5.09. The largest absolute Gasteiger partial charge is 0.493 e. The molecule has 1 N–H and O–H groups in total. The van der Waals surface area contributed by atoms with Gasteiger partial charge in [-0.25, -0.2) is 0 Å². The van der Waals surface area contributed by atoms with Gasteiger partial charge in [-0.05, 0) is 52.9 Å². The lowest BCUT2D eigenvalue weighted by molar-refractivity contribution is -0.120. The second-order valence-corrected chi connectivity index (χ2v) is 8.67. The van der Waals surface area contributed by atoms with Gasteiger partial charge in [0.05, 0.1) is 25.2 Å². The number of carbonyl (C=O) groups excluding carboxylic acids is 1. The van der Waals surface area contributed by atoms with Crippen LogP contribution in [0, 0.1) is 0 Å². The molecule has 0 aliphatic carbocycles. The minimum absolute atomic E-state index is 0.0760. The maximum atomic E-state index is 12.7. The predicted octanol–water partition coefficient (Wildman–Crippen LogP) is 3.67. The topological polar surface area (TPSA) is 91.2 Å². The third-order valence-electron chi connectivity index (χ3n) is 5.25. The Morgan fingerprint density at radius 2 is 1.85 bits per heavy atom. The number of ether oxygens (including phenoxy) is 2. The number of nitrogens with zero attached hydrogens (tertiary/aromatic N) is 4. The smallest absolute Gasteiger partial charge is 0.233 e. The van der Waals surface area contributed by atoms with Crippen molar-refractivity contribution in [2.75, 3.05) is 20.8 Å². The molecule has 3 aromatic carbocycles. The van der Waals surface area contributed by atoms with Crippen LogP contribution in [0.1, 0.15) is 12.5 Å². The minimum atomic E-state index is -0.366. The number of hydrogen-bond acceptors (Lipinski definition) is 7. The Morgan fingerprint density at radius 1 is 1.06 bits per heavy atom. The molecule has 0 saturated heterocycles. The van der Waals surface area contributed by atoms with Crippen LogP contribution in [0.2, 0.25) is 0 Å². The first-order chi connectivity index (χ1) is 16.1. The normalized spacial score (nSPS) is 11.8. The number of benzene rings is 3. The van der Waals surface area contributed by atoms with E-state index in [1.165, 1.54) is 11.8 Å². The van der Waals surface area contributed by atoms with E-state index < -0.39 is 0 Å². The average molecular weight is 464 g/mol. The zero-order chi connectivity index (χ0) is 23.2. The molecule has 1 heterocycles. The summed E-state index contributed by atoms with van der Waals surface area (Å²) in [6, 6.07) is 19.8.